The quantitative estimate of drug-likeness (QED) is 0.318. The summed E-state index contributed by atoms with van der Waals surface area (Å²) in [6.45, 7) is 0.0420. The third-order valence-corrected chi connectivity index (χ3v) is 5.12. The molecular weight excluding hydrogens is 426 g/mol. The molecule has 1 N–H and O–H groups in total. The lowest BCUT2D eigenvalue weighted by atomic mass is 9.95. The Morgan fingerprint density at radius 1 is 1.11 bits per heavy atom. The Balaban J connectivity index is 2.16. The minimum absolute atomic E-state index is 0.0419. The number of carbonyl (C=O) groups is 2. The van der Waals surface area contributed by atoms with Crippen molar-refractivity contribution in [2.75, 3.05) is 20.8 Å². The normalized spacial score (nSPS) is 18.9. The summed E-state index contributed by atoms with van der Waals surface area (Å²) in [5.74, 6) is -1.66. The predicted molar refractivity (Wildman–Crippen MR) is 107 cm³/mol. The molecule has 1 aliphatic rings. The van der Waals surface area contributed by atoms with Gasteiger partial charge in [-0.25, -0.2) is 0 Å². The molecule has 0 aromatic heterocycles. The number of ketones is 1. The number of nitrogens with zero attached hydrogens (tertiary/aromatic N) is 1. The summed E-state index contributed by atoms with van der Waals surface area (Å²) in [7, 11) is 2.92. The van der Waals surface area contributed by atoms with E-state index in [0.29, 0.717) is 11.1 Å². The lowest BCUT2D eigenvalue weighted by Gasteiger charge is -2.28. The fourth-order valence-electron chi connectivity index (χ4n) is 3.25. The second-order valence-electron chi connectivity index (χ2n) is 6.27. The average Bonchev–Trinajstić information content (AvgIpc) is 2.96. The van der Waals surface area contributed by atoms with Crippen LogP contribution in [0, 0.1) is 0 Å². The first-order valence-corrected chi connectivity index (χ1v) is 9.42. The molecule has 1 amide bonds. The van der Waals surface area contributed by atoms with Gasteiger partial charge in [0.15, 0.2) is 6.29 Å². The maximum atomic E-state index is 12.9. The summed E-state index contributed by atoms with van der Waals surface area (Å²) >= 11 is 3.42. The molecule has 6 nitrogen and oxygen atoms in total. The first kappa shape index (κ1) is 20.3. The van der Waals surface area contributed by atoms with E-state index in [2.05, 4.69) is 15.9 Å². The lowest BCUT2D eigenvalue weighted by molar-refractivity contribution is -0.149. The van der Waals surface area contributed by atoms with Crippen molar-refractivity contribution in [3.05, 3.63) is 75.8 Å². The van der Waals surface area contributed by atoms with Crippen LogP contribution in [0.2, 0.25) is 0 Å². The zero-order valence-electron chi connectivity index (χ0n) is 15.5. The van der Waals surface area contributed by atoms with Gasteiger partial charge in [0.25, 0.3) is 11.7 Å². The van der Waals surface area contributed by atoms with Crippen molar-refractivity contribution in [3.63, 3.8) is 0 Å². The number of likely N-dealkylation sites (tertiary alicyclic amines) is 1. The van der Waals surface area contributed by atoms with Crippen molar-refractivity contribution < 1.29 is 24.2 Å². The zero-order valence-corrected chi connectivity index (χ0v) is 17.0. The fourth-order valence-corrected chi connectivity index (χ4v) is 3.67. The van der Waals surface area contributed by atoms with Gasteiger partial charge in [0.2, 0.25) is 0 Å². The number of ether oxygens (including phenoxy) is 2. The van der Waals surface area contributed by atoms with E-state index in [1.807, 2.05) is 24.3 Å². The molecule has 0 bridgehead atoms. The van der Waals surface area contributed by atoms with Crippen LogP contribution >= 0.6 is 15.9 Å². The van der Waals surface area contributed by atoms with Crippen LogP contribution in [0.15, 0.2) is 64.6 Å². The molecule has 1 unspecified atom stereocenters. The first-order valence-electron chi connectivity index (χ1n) is 8.62. The summed E-state index contributed by atoms with van der Waals surface area (Å²) in [5.41, 5.74) is 1.20. The maximum absolute atomic E-state index is 12.9. The van der Waals surface area contributed by atoms with Gasteiger partial charge in [-0.15, -0.1) is 0 Å². The minimum atomic E-state index is -0.759. The van der Waals surface area contributed by atoms with Gasteiger partial charge in [0.05, 0.1) is 18.2 Å². The Kier molecular flexibility index (Phi) is 6.28. The second-order valence-corrected chi connectivity index (χ2v) is 7.19. The first-order chi connectivity index (χ1) is 13.5. The largest absolute Gasteiger partial charge is 0.507 e. The summed E-state index contributed by atoms with van der Waals surface area (Å²) in [6.07, 6.45) is -0.704. The molecule has 1 fully saturated rings. The molecule has 2 aromatic rings. The number of aliphatic hydroxyl groups excluding tert-OH is 1. The van der Waals surface area contributed by atoms with E-state index in [0.717, 1.165) is 4.47 Å². The summed E-state index contributed by atoms with van der Waals surface area (Å²) < 4.78 is 11.2. The van der Waals surface area contributed by atoms with E-state index in [1.54, 1.807) is 30.3 Å². The van der Waals surface area contributed by atoms with Crippen LogP contribution in [-0.2, 0) is 19.1 Å². The van der Waals surface area contributed by atoms with Gasteiger partial charge in [0, 0.05) is 24.3 Å². The van der Waals surface area contributed by atoms with E-state index in [-0.39, 0.29) is 17.9 Å². The lowest BCUT2D eigenvalue weighted by Crippen LogP contribution is -2.38. The summed E-state index contributed by atoms with van der Waals surface area (Å²) in [5, 5.41) is 10.9. The average molecular weight is 446 g/mol. The van der Waals surface area contributed by atoms with Crippen molar-refractivity contribution >= 4 is 33.4 Å². The molecule has 146 valence electrons. The van der Waals surface area contributed by atoms with E-state index >= 15 is 0 Å². The Morgan fingerprint density at radius 3 is 2.39 bits per heavy atom. The molecule has 2 aromatic carbocycles. The molecule has 1 aliphatic heterocycles. The molecule has 1 atom stereocenters. The molecule has 0 spiro atoms. The van der Waals surface area contributed by atoms with Crippen LogP contribution in [0.3, 0.4) is 0 Å². The molecule has 0 radical (unpaired) electrons. The van der Waals surface area contributed by atoms with Crippen LogP contribution in [-0.4, -0.2) is 48.8 Å². The highest BCUT2D eigenvalue weighted by molar-refractivity contribution is 9.10. The standard InChI is InChI=1S/C21H20BrNO5/c1-27-16(28-2)12-23-18(14-9-6-10-15(22)11-14)17(20(25)21(23)26)19(24)13-7-4-3-5-8-13/h3-11,16,18,24H,12H2,1-2H3/b19-17+. The molecule has 1 saturated heterocycles. The van der Waals surface area contributed by atoms with Gasteiger partial charge >= 0.3 is 0 Å². The van der Waals surface area contributed by atoms with E-state index in [4.69, 9.17) is 9.47 Å². The van der Waals surface area contributed by atoms with Gasteiger partial charge in [-0.3, -0.25) is 9.59 Å². The number of hydrogen-bond donors (Lipinski definition) is 1. The Labute approximate surface area is 171 Å². The molecule has 7 heteroatoms. The Bertz CT molecular complexity index is 908. The SMILES string of the molecule is COC(CN1C(=O)C(=O)/C(=C(/O)c2ccccc2)C1c1cccc(Br)c1)OC. The van der Waals surface area contributed by atoms with Crippen LogP contribution in [0.25, 0.3) is 5.76 Å². The van der Waals surface area contributed by atoms with Crippen LogP contribution in [0.5, 0.6) is 0 Å². The van der Waals surface area contributed by atoms with Crippen molar-refractivity contribution in [1.29, 1.82) is 0 Å². The summed E-state index contributed by atoms with van der Waals surface area (Å²) in [6, 6.07) is 15.2. The Morgan fingerprint density at radius 2 is 1.79 bits per heavy atom. The molecule has 3 rings (SSSR count). The number of benzene rings is 2. The molecule has 0 aliphatic carbocycles. The highest BCUT2D eigenvalue weighted by Gasteiger charge is 2.46. The van der Waals surface area contributed by atoms with Gasteiger partial charge < -0.3 is 19.5 Å². The monoisotopic (exact) mass is 445 g/mol. The van der Waals surface area contributed by atoms with Gasteiger partial charge in [-0.2, -0.15) is 0 Å². The van der Waals surface area contributed by atoms with Gasteiger partial charge in [0.1, 0.15) is 5.76 Å². The third kappa shape index (κ3) is 3.87. The van der Waals surface area contributed by atoms with E-state index < -0.39 is 24.0 Å². The number of hydrogen-bond acceptors (Lipinski definition) is 5. The zero-order chi connectivity index (χ0) is 20.3. The highest BCUT2D eigenvalue weighted by atomic mass is 79.9. The van der Waals surface area contributed by atoms with Crippen molar-refractivity contribution in [1.82, 2.24) is 4.90 Å². The molecule has 28 heavy (non-hydrogen) atoms. The molecule has 1 heterocycles. The maximum Gasteiger partial charge on any atom is 0.295 e. The van der Waals surface area contributed by atoms with Gasteiger partial charge in [-0.05, 0) is 17.7 Å². The van der Waals surface area contributed by atoms with Gasteiger partial charge in [-0.1, -0.05) is 58.4 Å². The number of carbonyl (C=O) groups excluding carboxylic acids is 2. The Hall–Kier alpha value is -2.48. The van der Waals surface area contributed by atoms with Crippen LogP contribution in [0.4, 0.5) is 0 Å². The summed E-state index contributed by atoms with van der Waals surface area (Å²) in [4.78, 5) is 27.0. The molecular formula is C21H20BrNO5. The number of aliphatic hydroxyl groups is 1. The number of halogens is 1. The number of rotatable bonds is 6. The van der Waals surface area contributed by atoms with E-state index in [1.165, 1.54) is 19.1 Å². The number of Topliss-reactive ketones (excluding diaryl/α,β-unsaturated/α-hetero) is 1. The predicted octanol–water partition coefficient (Wildman–Crippen LogP) is 3.49. The number of amides is 1. The van der Waals surface area contributed by atoms with Crippen molar-refractivity contribution in [2.24, 2.45) is 0 Å². The number of methoxy groups -OCH3 is 2. The van der Waals surface area contributed by atoms with Crippen molar-refractivity contribution in [2.45, 2.75) is 12.3 Å². The molecule has 0 saturated carbocycles. The minimum Gasteiger partial charge on any atom is -0.507 e. The topological polar surface area (TPSA) is 76.1 Å². The third-order valence-electron chi connectivity index (χ3n) is 4.62. The second kappa shape index (κ2) is 8.68. The van der Waals surface area contributed by atoms with E-state index in [9.17, 15) is 14.7 Å². The smallest absolute Gasteiger partial charge is 0.295 e. The van der Waals surface area contributed by atoms with Crippen LogP contribution in [0.1, 0.15) is 17.2 Å². The fraction of sp³-hybridized carbons (Fsp3) is 0.238. The highest BCUT2D eigenvalue weighted by Crippen LogP contribution is 2.40. The van der Waals surface area contributed by atoms with Crippen LogP contribution < -0.4 is 0 Å². The van der Waals surface area contributed by atoms with Crippen molar-refractivity contribution in [3.8, 4) is 0 Å².